The first-order valence-electron chi connectivity index (χ1n) is 22.5. The highest BCUT2D eigenvalue weighted by molar-refractivity contribution is 6.74. The predicted molar refractivity (Wildman–Crippen MR) is 250 cm³/mol. The molecular formula is C49H65ClN4O8Si. The number of carbonyl (C=O) groups excluding carboxylic acids is 1. The molecule has 14 heteroatoms. The first kappa shape index (κ1) is 46.7. The van der Waals surface area contributed by atoms with Crippen molar-refractivity contribution >= 4 is 48.4 Å². The van der Waals surface area contributed by atoms with Crippen molar-refractivity contribution in [2.75, 3.05) is 38.6 Å². The van der Waals surface area contributed by atoms with Crippen LogP contribution in [0.5, 0.6) is 11.5 Å². The molecule has 2 aliphatic carbocycles. The Kier molecular flexibility index (Phi) is 13.9. The van der Waals surface area contributed by atoms with Crippen molar-refractivity contribution in [3.05, 3.63) is 98.3 Å². The van der Waals surface area contributed by atoms with Crippen LogP contribution in [0.3, 0.4) is 0 Å². The SMILES string of the molecule is COc1cc(NC(=O)CCN2CCC3(CC2)CC(c2ccccc2C(O)(C(=O)O)C2CCCC2)C3)c(Cl)cc1CNC[C@H](O[Si](C)(C)C(C)(C)C)c1ccc(O)c2[nH]c(=O)ccc12. The van der Waals surface area contributed by atoms with Gasteiger partial charge in [0.1, 0.15) is 11.5 Å². The van der Waals surface area contributed by atoms with Crippen LogP contribution < -0.4 is 20.9 Å². The highest BCUT2D eigenvalue weighted by Gasteiger charge is 2.52. The number of H-pyrrole nitrogens is 1. The van der Waals surface area contributed by atoms with Crippen LogP contribution >= 0.6 is 11.6 Å². The van der Waals surface area contributed by atoms with E-state index in [2.05, 4.69) is 54.4 Å². The summed E-state index contributed by atoms with van der Waals surface area (Å²) in [6.45, 7) is 14.2. The lowest BCUT2D eigenvalue weighted by molar-refractivity contribution is -0.166. The van der Waals surface area contributed by atoms with E-state index in [4.69, 9.17) is 20.8 Å². The molecule has 3 aromatic carbocycles. The Balaban J connectivity index is 0.927. The number of methoxy groups -OCH3 is 1. The van der Waals surface area contributed by atoms with E-state index in [1.807, 2.05) is 30.3 Å². The Morgan fingerprint density at radius 2 is 1.73 bits per heavy atom. The van der Waals surface area contributed by atoms with Gasteiger partial charge in [0.25, 0.3) is 0 Å². The Bertz CT molecular complexity index is 2360. The molecule has 12 nitrogen and oxygen atoms in total. The van der Waals surface area contributed by atoms with Gasteiger partial charge in [-0.05, 0) is 116 Å². The van der Waals surface area contributed by atoms with Gasteiger partial charge in [0.05, 0.1) is 29.4 Å². The summed E-state index contributed by atoms with van der Waals surface area (Å²) in [4.78, 5) is 43.1. The molecule has 4 aromatic rings. The normalized spacial score (nSPS) is 18.9. The zero-order valence-corrected chi connectivity index (χ0v) is 39.4. The second-order valence-electron chi connectivity index (χ2n) is 19.8. The molecule has 2 atom stereocenters. The van der Waals surface area contributed by atoms with Crippen molar-refractivity contribution in [3.8, 4) is 11.5 Å². The minimum atomic E-state index is -2.28. The number of benzene rings is 3. The molecule has 1 unspecified atom stereocenters. The number of carboxylic acids is 1. The quantitative estimate of drug-likeness (QED) is 0.0596. The van der Waals surface area contributed by atoms with E-state index in [0.717, 1.165) is 81.1 Å². The molecule has 0 bridgehead atoms. The van der Waals surface area contributed by atoms with E-state index < -0.39 is 26.0 Å². The maximum atomic E-state index is 13.3. The summed E-state index contributed by atoms with van der Waals surface area (Å²) in [7, 11) is -0.693. The maximum absolute atomic E-state index is 13.3. The lowest BCUT2D eigenvalue weighted by atomic mass is 9.55. The number of piperidine rings is 1. The monoisotopic (exact) mass is 900 g/mol. The van der Waals surface area contributed by atoms with Gasteiger partial charge in [-0.15, -0.1) is 0 Å². The third-order valence-corrected chi connectivity index (χ3v) is 19.6. The first-order valence-corrected chi connectivity index (χ1v) is 25.8. The van der Waals surface area contributed by atoms with Crippen molar-refractivity contribution < 1.29 is 34.1 Å². The molecule has 63 heavy (non-hydrogen) atoms. The molecule has 1 amide bonds. The first-order chi connectivity index (χ1) is 29.8. The number of pyridine rings is 1. The molecule has 340 valence electrons. The molecular weight excluding hydrogens is 836 g/mol. The van der Waals surface area contributed by atoms with Crippen LogP contribution in [0.1, 0.15) is 113 Å². The Morgan fingerprint density at radius 3 is 2.40 bits per heavy atom. The molecule has 6 N–H and O–H groups in total. The second kappa shape index (κ2) is 18.7. The summed E-state index contributed by atoms with van der Waals surface area (Å²) >= 11 is 6.79. The predicted octanol–water partition coefficient (Wildman–Crippen LogP) is 9.20. The molecule has 0 radical (unpaired) electrons. The number of hydrogen-bond acceptors (Lipinski definition) is 9. The number of amides is 1. The van der Waals surface area contributed by atoms with Gasteiger partial charge < -0.3 is 45.0 Å². The molecule has 1 spiro atoms. The number of aromatic amines is 1. The average molecular weight is 902 g/mol. The highest BCUT2D eigenvalue weighted by Crippen LogP contribution is 2.58. The number of phenolic OH excluding ortho intramolecular Hbond substituents is 1. The van der Waals surface area contributed by atoms with Gasteiger partial charge >= 0.3 is 5.97 Å². The number of phenols is 1. The number of rotatable bonds is 16. The van der Waals surface area contributed by atoms with Gasteiger partial charge in [-0.25, -0.2) is 4.79 Å². The van der Waals surface area contributed by atoms with E-state index in [1.165, 1.54) is 6.07 Å². The number of halogens is 1. The fourth-order valence-corrected chi connectivity index (χ4v) is 11.5. The number of aromatic nitrogens is 1. The fourth-order valence-electron chi connectivity index (χ4n) is 10.0. The van der Waals surface area contributed by atoms with Gasteiger partial charge in [0, 0.05) is 55.1 Å². The molecule has 1 saturated heterocycles. The van der Waals surface area contributed by atoms with Crippen molar-refractivity contribution in [1.82, 2.24) is 15.2 Å². The topological polar surface area (TPSA) is 173 Å². The van der Waals surface area contributed by atoms with Gasteiger partial charge in [-0.3, -0.25) is 9.59 Å². The van der Waals surface area contributed by atoms with E-state index >= 15 is 0 Å². The van der Waals surface area contributed by atoms with Crippen LogP contribution in [-0.2, 0) is 26.2 Å². The zero-order valence-electron chi connectivity index (χ0n) is 37.6. The van der Waals surface area contributed by atoms with Crippen molar-refractivity contribution in [3.63, 3.8) is 0 Å². The minimum Gasteiger partial charge on any atom is -0.506 e. The number of nitrogens with zero attached hydrogens (tertiary/aromatic N) is 1. The number of carboxylic acid groups (broad SMARTS) is 1. The van der Waals surface area contributed by atoms with Crippen molar-refractivity contribution in [1.29, 1.82) is 0 Å². The number of hydrogen-bond donors (Lipinski definition) is 6. The van der Waals surface area contributed by atoms with Crippen LogP contribution in [0.4, 0.5) is 5.69 Å². The van der Waals surface area contributed by atoms with E-state index in [0.29, 0.717) is 59.0 Å². The molecule has 3 fully saturated rings. The van der Waals surface area contributed by atoms with Gasteiger partial charge in [0.2, 0.25) is 11.5 Å². The van der Waals surface area contributed by atoms with Crippen LogP contribution in [0.25, 0.3) is 10.9 Å². The van der Waals surface area contributed by atoms with E-state index in [9.17, 15) is 29.7 Å². The maximum Gasteiger partial charge on any atom is 0.340 e. The minimum absolute atomic E-state index is 0.00516. The molecule has 2 saturated carbocycles. The Hall–Kier alpha value is -4.24. The molecule has 7 rings (SSSR count). The standard InChI is InChI=1S/C49H65ClN4O8Si/c1-47(2,3)63(5,6)62-42(35-15-17-40(55)45-36(35)16-18-43(56)53-45)30-51-29-31-25-38(50)39(26-41(31)61-4)52-44(57)19-22-54-23-20-48(21-24-54)27-32(28-48)34-13-9-10-14-37(34)49(60,46(58)59)33-11-7-8-12-33/h9-10,13-18,25-26,32-33,42,51,55,60H,7-8,11-12,19-24,27-30H2,1-6H3,(H,52,57)(H,53,56)(H,58,59)/t42-,49?/m0/s1. The smallest absolute Gasteiger partial charge is 0.340 e. The summed E-state index contributed by atoms with van der Waals surface area (Å²) < 4.78 is 12.7. The number of aliphatic hydroxyl groups is 1. The van der Waals surface area contributed by atoms with Crippen LogP contribution in [0.2, 0.25) is 23.2 Å². The molecule has 1 aromatic heterocycles. The number of aromatic hydroxyl groups is 1. The number of anilines is 1. The van der Waals surface area contributed by atoms with Crippen LogP contribution in [0.15, 0.2) is 65.5 Å². The van der Waals surface area contributed by atoms with Gasteiger partial charge in [-0.1, -0.05) is 75.5 Å². The molecule has 3 aliphatic rings. The lowest BCUT2D eigenvalue weighted by Crippen LogP contribution is -2.48. The van der Waals surface area contributed by atoms with Gasteiger partial charge in [0.15, 0.2) is 13.9 Å². The fraction of sp³-hybridized carbons (Fsp3) is 0.531. The second-order valence-corrected chi connectivity index (χ2v) is 25.0. The summed E-state index contributed by atoms with van der Waals surface area (Å²) in [5.41, 5.74) is 2.12. The van der Waals surface area contributed by atoms with Crippen molar-refractivity contribution in [2.45, 2.75) is 121 Å². The summed E-state index contributed by atoms with van der Waals surface area (Å²) in [5.74, 6) is -0.740. The van der Waals surface area contributed by atoms with Crippen LogP contribution in [0, 0.1) is 11.3 Å². The molecule has 2 heterocycles. The molecule has 1 aliphatic heterocycles. The average Bonchev–Trinajstić information content (AvgIpc) is 3.78. The van der Waals surface area contributed by atoms with Gasteiger partial charge in [-0.2, -0.15) is 0 Å². The lowest BCUT2D eigenvalue weighted by Gasteiger charge is -2.53. The number of aliphatic carboxylic acids is 1. The summed E-state index contributed by atoms with van der Waals surface area (Å²) in [5, 5.41) is 40.1. The van der Waals surface area contributed by atoms with Crippen LogP contribution in [-0.4, -0.2) is 78.7 Å². The largest absolute Gasteiger partial charge is 0.506 e. The zero-order chi connectivity index (χ0) is 45.3. The highest BCUT2D eigenvalue weighted by atomic mass is 35.5. The van der Waals surface area contributed by atoms with E-state index in [1.54, 1.807) is 31.4 Å². The Morgan fingerprint density at radius 1 is 1.03 bits per heavy atom. The third-order valence-electron chi connectivity index (χ3n) is 14.8. The number of ether oxygens (including phenoxy) is 1. The summed E-state index contributed by atoms with van der Waals surface area (Å²) in [6.07, 6.45) is 7.29. The van der Waals surface area contributed by atoms with E-state index in [-0.39, 0.29) is 39.5 Å². The number of nitrogens with one attached hydrogen (secondary N) is 3. The Labute approximate surface area is 376 Å². The number of fused-ring (bicyclic) bond motifs is 1. The number of likely N-dealkylation sites (tertiary alicyclic amines) is 1. The summed E-state index contributed by atoms with van der Waals surface area (Å²) in [6, 6.07) is 17.8. The number of carbonyl (C=O) groups is 2. The van der Waals surface area contributed by atoms with Crippen molar-refractivity contribution in [2.24, 2.45) is 11.3 Å². The third kappa shape index (κ3) is 9.89.